The average Bonchev–Trinajstić information content (AvgIpc) is 2.89. The number of nitrogens with zero attached hydrogens (tertiary/aromatic N) is 4. The first-order chi connectivity index (χ1) is 17.7. The van der Waals surface area contributed by atoms with E-state index in [-0.39, 0.29) is 36.7 Å². The zero-order valence-electron chi connectivity index (χ0n) is 19.8. The van der Waals surface area contributed by atoms with Crippen LogP contribution in [0.5, 0.6) is 0 Å². The summed E-state index contributed by atoms with van der Waals surface area (Å²) in [6, 6.07) is 23.1. The van der Waals surface area contributed by atoms with E-state index in [1.807, 2.05) is 48.5 Å². The molecule has 0 spiro atoms. The molecule has 0 saturated carbocycles. The molecule has 2 aromatic heterocycles. The molecule has 0 amide bonds. The van der Waals surface area contributed by atoms with Crippen molar-refractivity contribution in [2.75, 3.05) is 0 Å². The Morgan fingerprint density at radius 2 is 1.45 bits per heavy atom. The van der Waals surface area contributed by atoms with E-state index in [1.54, 1.807) is 30.7 Å². The van der Waals surface area contributed by atoms with E-state index in [4.69, 9.17) is 9.90 Å². The number of hydrogen-bond donors (Lipinski definition) is 0. The van der Waals surface area contributed by atoms with E-state index < -0.39 is 20.9 Å². The summed E-state index contributed by atoms with van der Waals surface area (Å²) in [7, 11) is -4.04. The summed E-state index contributed by atoms with van der Waals surface area (Å²) >= 11 is 0. The van der Waals surface area contributed by atoms with Crippen molar-refractivity contribution in [1.82, 2.24) is 9.97 Å². The van der Waals surface area contributed by atoms with E-state index in [2.05, 4.69) is 14.7 Å². The Balaban J connectivity index is 0.000000390. The second kappa shape index (κ2) is 13.9. The van der Waals surface area contributed by atoms with Gasteiger partial charge in [0, 0.05) is 42.1 Å². The molecular formula is C26H20N4O6PdS. The number of carbonyl (C=O) groups is 1. The second-order valence-electron chi connectivity index (χ2n) is 7.35. The molecule has 12 heteroatoms. The van der Waals surface area contributed by atoms with Crippen LogP contribution in [0.15, 0.2) is 108 Å². The molecule has 0 N–H and O–H groups in total. The molecule has 0 saturated heterocycles. The zero-order chi connectivity index (χ0) is 26.8. The predicted octanol–water partition coefficient (Wildman–Crippen LogP) is 4.53. The van der Waals surface area contributed by atoms with E-state index >= 15 is 0 Å². The smallest absolute Gasteiger partial charge is 0.572 e. The van der Waals surface area contributed by atoms with Crippen LogP contribution in [0, 0.1) is 10.1 Å². The zero-order valence-corrected chi connectivity index (χ0v) is 22.1. The number of carboxylic acid groups (broad SMARTS) is 1. The number of sulfonamides is 1. The second-order valence-corrected chi connectivity index (χ2v) is 8.95. The number of carboxylic acids is 1. The van der Waals surface area contributed by atoms with Gasteiger partial charge in [0.2, 0.25) is 0 Å². The largest absolute Gasteiger partial charge is 2.00 e. The first-order valence-electron chi connectivity index (χ1n) is 10.7. The van der Waals surface area contributed by atoms with Crippen LogP contribution in [0.1, 0.15) is 6.92 Å². The number of nitro benzene ring substituents is 1. The van der Waals surface area contributed by atoms with Gasteiger partial charge in [0.05, 0.1) is 15.3 Å². The quantitative estimate of drug-likeness (QED) is 0.122. The summed E-state index contributed by atoms with van der Waals surface area (Å²) in [5.74, 6) is -1.08. The Hall–Kier alpha value is -4.24. The molecule has 0 atom stereocenters. The number of fused-ring (bicyclic) bond motifs is 3. The number of non-ortho nitro benzene ring substituents is 1. The van der Waals surface area contributed by atoms with Crippen LogP contribution in [-0.4, -0.2) is 29.3 Å². The predicted molar refractivity (Wildman–Crippen MR) is 137 cm³/mol. The van der Waals surface area contributed by atoms with Crippen molar-refractivity contribution in [2.45, 2.75) is 11.8 Å². The number of pyridine rings is 2. The topological polar surface area (TPSA) is 157 Å². The summed E-state index contributed by atoms with van der Waals surface area (Å²) in [6.07, 6.45) is 5.14. The van der Waals surface area contributed by atoms with Crippen molar-refractivity contribution in [1.29, 1.82) is 0 Å². The van der Waals surface area contributed by atoms with Crippen LogP contribution in [0.3, 0.4) is 0 Å². The molecule has 0 fully saturated rings. The van der Waals surface area contributed by atoms with Crippen LogP contribution >= 0.6 is 0 Å². The van der Waals surface area contributed by atoms with E-state index in [1.165, 1.54) is 12.1 Å². The molecule has 3 aromatic carbocycles. The molecule has 0 aliphatic carbocycles. The molecule has 0 radical (unpaired) electrons. The average molecular weight is 623 g/mol. The number of aromatic nitrogens is 2. The molecule has 196 valence electrons. The Labute approximate surface area is 232 Å². The molecule has 38 heavy (non-hydrogen) atoms. The maximum absolute atomic E-state index is 12.7. The molecular weight excluding hydrogens is 603 g/mol. The molecule has 10 nitrogen and oxygen atoms in total. The van der Waals surface area contributed by atoms with Gasteiger partial charge < -0.3 is 14.6 Å². The van der Waals surface area contributed by atoms with E-state index in [9.17, 15) is 18.5 Å². The standard InChI is InChI=1S/C19H12N3O4S.C5H5N.C2H4O2.Pd/c23-22(24)15-8-10-16(11-9-15)27(25,26)21-17-5-1-3-13-6-7-14-4-2-12-20-19(14)18(13)17;1-2-4-6-5-3-1;1-2(3)4;/h1-12H;1-5H;1H3,(H,3,4);/q-1;;;+2/p-1. The summed E-state index contributed by atoms with van der Waals surface area (Å²) in [5, 5.41) is 22.0. The van der Waals surface area contributed by atoms with Gasteiger partial charge in [-0.3, -0.25) is 20.1 Å². The molecule has 0 bridgehead atoms. The third-order valence-electron chi connectivity index (χ3n) is 4.72. The van der Waals surface area contributed by atoms with Gasteiger partial charge in [0.15, 0.2) is 0 Å². The SMILES string of the molecule is CC(=O)[O-].O=[N+]([O-])c1ccc(S(=O)(=O)[N-]c2cccc3ccc4cccnc4c23)cc1.[Pd+2].c1ccncc1. The van der Waals surface area contributed by atoms with E-state index in [0.717, 1.165) is 29.8 Å². The van der Waals surface area contributed by atoms with Crippen LogP contribution in [0.2, 0.25) is 0 Å². The summed E-state index contributed by atoms with van der Waals surface area (Å²) in [6.45, 7) is 0.972. The van der Waals surface area contributed by atoms with Crippen molar-refractivity contribution >= 4 is 49.0 Å². The first-order valence-corrected chi connectivity index (χ1v) is 12.1. The van der Waals surface area contributed by atoms with Crippen molar-refractivity contribution in [2.24, 2.45) is 0 Å². The number of hydrogen-bond acceptors (Lipinski definition) is 8. The molecule has 2 heterocycles. The van der Waals surface area contributed by atoms with Gasteiger partial charge in [-0.15, -0.1) is 5.69 Å². The fourth-order valence-electron chi connectivity index (χ4n) is 3.21. The maximum Gasteiger partial charge on any atom is 2.00 e. The number of benzene rings is 3. The Bertz CT molecular complexity index is 1600. The minimum Gasteiger partial charge on any atom is -0.572 e. The van der Waals surface area contributed by atoms with Gasteiger partial charge in [-0.25, -0.2) is 8.42 Å². The number of carbonyl (C=O) groups excluding carboxylic acids is 1. The number of aliphatic carboxylic acids is 1. The molecule has 0 aliphatic heterocycles. The van der Waals surface area contributed by atoms with Crippen LogP contribution in [-0.2, 0) is 35.2 Å². The van der Waals surface area contributed by atoms with Gasteiger partial charge in [-0.2, -0.15) is 0 Å². The normalized spacial score (nSPS) is 10.1. The van der Waals surface area contributed by atoms with Crippen LogP contribution in [0.4, 0.5) is 11.4 Å². The van der Waals surface area contributed by atoms with Crippen LogP contribution in [0.25, 0.3) is 26.4 Å². The van der Waals surface area contributed by atoms with Crippen LogP contribution < -0.4 is 5.11 Å². The monoisotopic (exact) mass is 622 g/mol. The fraction of sp³-hybridized carbons (Fsp3) is 0.0385. The third-order valence-corrected chi connectivity index (χ3v) is 6.03. The first kappa shape index (κ1) is 30.0. The van der Waals surface area contributed by atoms with Crippen molar-refractivity contribution in [3.63, 3.8) is 0 Å². The van der Waals surface area contributed by atoms with Crippen molar-refractivity contribution < 1.29 is 43.7 Å². The van der Waals surface area contributed by atoms with Gasteiger partial charge >= 0.3 is 20.4 Å². The Morgan fingerprint density at radius 1 is 0.842 bits per heavy atom. The number of nitro groups is 1. The minimum absolute atomic E-state index is 0. The Kier molecular flexibility index (Phi) is 11.0. The van der Waals surface area contributed by atoms with Gasteiger partial charge in [0.25, 0.3) is 5.69 Å². The Morgan fingerprint density at radius 3 is 2.00 bits per heavy atom. The molecule has 0 unspecified atom stereocenters. The molecule has 5 rings (SSSR count). The van der Waals surface area contributed by atoms with Crippen molar-refractivity contribution in [3.05, 3.63) is 118 Å². The van der Waals surface area contributed by atoms with E-state index in [0.29, 0.717) is 10.9 Å². The number of rotatable bonds is 4. The fourth-order valence-corrected chi connectivity index (χ4v) is 4.20. The molecule has 0 aliphatic rings. The molecule has 5 aromatic rings. The van der Waals surface area contributed by atoms with Gasteiger partial charge in [-0.05, 0) is 48.0 Å². The summed E-state index contributed by atoms with van der Waals surface area (Å²) in [4.78, 5) is 27.1. The summed E-state index contributed by atoms with van der Waals surface area (Å²) in [5.41, 5.74) is 0.748. The van der Waals surface area contributed by atoms with Gasteiger partial charge in [0.1, 0.15) is 10.0 Å². The summed E-state index contributed by atoms with van der Waals surface area (Å²) < 4.78 is 29.4. The third kappa shape index (κ3) is 8.14. The minimum atomic E-state index is -4.04. The maximum atomic E-state index is 12.7. The van der Waals surface area contributed by atoms with Crippen molar-refractivity contribution in [3.8, 4) is 0 Å². The van der Waals surface area contributed by atoms with Gasteiger partial charge in [-0.1, -0.05) is 42.5 Å².